The number of nitrogens with zero attached hydrogens (tertiary/aromatic N) is 2. The molecule has 1 aromatic carbocycles. The maximum Gasteiger partial charge on any atom is 0.314 e. The highest BCUT2D eigenvalue weighted by Gasteiger charge is 2.43. The predicted molar refractivity (Wildman–Crippen MR) is 84.1 cm³/mol. The number of carboxylic acid groups (broad SMARTS) is 1. The van der Waals surface area contributed by atoms with Gasteiger partial charge in [0, 0.05) is 18.8 Å². The number of piperazine rings is 1. The molecule has 0 bridgehead atoms. The first-order valence-electron chi connectivity index (χ1n) is 7.86. The van der Waals surface area contributed by atoms with Gasteiger partial charge >= 0.3 is 5.97 Å². The SMILES string of the molecule is CN1CCN(c2cccc(C3(C(=O)O)CCCC3)c2)C(=O)C1. The molecular formula is C17H22N2O3. The van der Waals surface area contributed by atoms with E-state index in [1.165, 1.54) is 0 Å². The maximum atomic E-state index is 12.2. The Morgan fingerprint density at radius 1 is 1.23 bits per heavy atom. The Morgan fingerprint density at radius 2 is 1.95 bits per heavy atom. The number of rotatable bonds is 3. The summed E-state index contributed by atoms with van der Waals surface area (Å²) in [6, 6.07) is 7.57. The van der Waals surface area contributed by atoms with Gasteiger partial charge in [0.05, 0.1) is 12.0 Å². The zero-order valence-corrected chi connectivity index (χ0v) is 12.9. The number of aliphatic carboxylic acids is 1. The van der Waals surface area contributed by atoms with Crippen molar-refractivity contribution < 1.29 is 14.7 Å². The van der Waals surface area contributed by atoms with Gasteiger partial charge in [0.25, 0.3) is 0 Å². The highest BCUT2D eigenvalue weighted by molar-refractivity contribution is 5.95. The molecule has 0 unspecified atom stereocenters. The van der Waals surface area contributed by atoms with Crippen molar-refractivity contribution in [2.24, 2.45) is 0 Å². The molecule has 3 rings (SSSR count). The van der Waals surface area contributed by atoms with Gasteiger partial charge in [0.15, 0.2) is 0 Å². The first-order chi connectivity index (χ1) is 10.5. The molecule has 0 atom stereocenters. The van der Waals surface area contributed by atoms with Crippen molar-refractivity contribution in [2.75, 3.05) is 31.6 Å². The van der Waals surface area contributed by atoms with Crippen LogP contribution in [0.2, 0.25) is 0 Å². The molecule has 1 amide bonds. The summed E-state index contributed by atoms with van der Waals surface area (Å²) in [5.41, 5.74) is 0.885. The summed E-state index contributed by atoms with van der Waals surface area (Å²) in [5, 5.41) is 9.72. The minimum absolute atomic E-state index is 0.0710. The molecule has 5 nitrogen and oxygen atoms in total. The zero-order chi connectivity index (χ0) is 15.7. The second-order valence-corrected chi connectivity index (χ2v) is 6.43. The summed E-state index contributed by atoms with van der Waals surface area (Å²) >= 11 is 0. The van der Waals surface area contributed by atoms with E-state index in [1.807, 2.05) is 36.2 Å². The van der Waals surface area contributed by atoms with Crippen molar-refractivity contribution in [3.8, 4) is 0 Å². The largest absolute Gasteiger partial charge is 0.481 e. The van der Waals surface area contributed by atoms with Crippen molar-refractivity contribution in [2.45, 2.75) is 31.1 Å². The van der Waals surface area contributed by atoms with E-state index < -0.39 is 11.4 Å². The fourth-order valence-electron chi connectivity index (χ4n) is 3.64. The molecule has 2 aliphatic rings. The number of amides is 1. The Morgan fingerprint density at radius 3 is 2.59 bits per heavy atom. The van der Waals surface area contributed by atoms with Crippen LogP contribution in [0.3, 0.4) is 0 Å². The number of anilines is 1. The van der Waals surface area contributed by atoms with E-state index in [-0.39, 0.29) is 5.91 Å². The van der Waals surface area contributed by atoms with Crippen LogP contribution in [0.4, 0.5) is 5.69 Å². The normalized spacial score (nSPS) is 22.0. The molecule has 1 aliphatic carbocycles. The number of hydrogen-bond donors (Lipinski definition) is 1. The Bertz CT molecular complexity index is 593. The molecule has 22 heavy (non-hydrogen) atoms. The highest BCUT2D eigenvalue weighted by Crippen LogP contribution is 2.42. The summed E-state index contributed by atoms with van der Waals surface area (Å²) in [6.07, 6.45) is 3.26. The number of likely N-dealkylation sites (N-methyl/N-ethyl adjacent to an activating group) is 1. The molecule has 1 aromatic rings. The van der Waals surface area contributed by atoms with Crippen molar-refractivity contribution in [3.63, 3.8) is 0 Å². The number of carbonyl (C=O) groups excluding carboxylic acids is 1. The lowest BCUT2D eigenvalue weighted by atomic mass is 9.79. The third kappa shape index (κ3) is 2.50. The number of carbonyl (C=O) groups is 2. The molecule has 1 heterocycles. The van der Waals surface area contributed by atoms with Crippen LogP contribution in [0.1, 0.15) is 31.2 Å². The summed E-state index contributed by atoms with van der Waals surface area (Å²) in [5.74, 6) is -0.673. The third-order valence-corrected chi connectivity index (χ3v) is 4.99. The maximum absolute atomic E-state index is 12.2. The second kappa shape index (κ2) is 5.72. The second-order valence-electron chi connectivity index (χ2n) is 6.43. The number of benzene rings is 1. The van der Waals surface area contributed by atoms with Crippen LogP contribution in [0.5, 0.6) is 0 Å². The lowest BCUT2D eigenvalue weighted by molar-refractivity contribution is -0.143. The third-order valence-electron chi connectivity index (χ3n) is 4.99. The quantitative estimate of drug-likeness (QED) is 0.926. The van der Waals surface area contributed by atoms with Crippen LogP contribution >= 0.6 is 0 Å². The van der Waals surface area contributed by atoms with Crippen molar-refractivity contribution >= 4 is 17.6 Å². The van der Waals surface area contributed by atoms with Crippen LogP contribution < -0.4 is 4.90 Å². The minimum Gasteiger partial charge on any atom is -0.481 e. The van der Waals surface area contributed by atoms with Crippen molar-refractivity contribution in [1.82, 2.24) is 4.90 Å². The monoisotopic (exact) mass is 302 g/mol. The standard InChI is InChI=1S/C17H22N2O3/c1-18-9-10-19(15(20)12-18)14-6-4-5-13(11-14)17(16(21)22)7-2-3-8-17/h4-6,11H,2-3,7-10,12H2,1H3,(H,21,22). The average Bonchev–Trinajstić information content (AvgIpc) is 2.98. The predicted octanol–water partition coefficient (Wildman–Crippen LogP) is 1.86. The van der Waals surface area contributed by atoms with Crippen LogP contribution in [-0.4, -0.2) is 48.6 Å². The molecule has 118 valence electrons. The summed E-state index contributed by atoms with van der Waals surface area (Å²) < 4.78 is 0. The van der Waals surface area contributed by atoms with Crippen molar-refractivity contribution in [3.05, 3.63) is 29.8 Å². The molecule has 1 N–H and O–H groups in total. The molecule has 1 saturated heterocycles. The minimum atomic E-state index is -0.772. The Kier molecular flexibility index (Phi) is 3.91. The lowest BCUT2D eigenvalue weighted by Gasteiger charge is -2.33. The van der Waals surface area contributed by atoms with Gasteiger partial charge in [0.1, 0.15) is 0 Å². The molecular weight excluding hydrogens is 280 g/mol. The van der Waals surface area contributed by atoms with Gasteiger partial charge in [-0.1, -0.05) is 25.0 Å². The molecule has 0 radical (unpaired) electrons. The van der Waals surface area contributed by atoms with E-state index in [1.54, 1.807) is 4.90 Å². The van der Waals surface area contributed by atoms with Crippen LogP contribution in [0.15, 0.2) is 24.3 Å². The Labute approximate surface area is 130 Å². The van der Waals surface area contributed by atoms with Gasteiger partial charge in [0.2, 0.25) is 5.91 Å². The van der Waals surface area contributed by atoms with Gasteiger partial charge in [-0.25, -0.2) is 0 Å². The smallest absolute Gasteiger partial charge is 0.314 e. The molecule has 5 heteroatoms. The van der Waals surface area contributed by atoms with Crippen molar-refractivity contribution in [1.29, 1.82) is 0 Å². The van der Waals surface area contributed by atoms with E-state index in [2.05, 4.69) is 0 Å². The topological polar surface area (TPSA) is 60.9 Å². The van der Waals surface area contributed by atoms with Gasteiger partial charge in [-0.05, 0) is 37.6 Å². The molecule has 1 aliphatic heterocycles. The van der Waals surface area contributed by atoms with Crippen LogP contribution in [0, 0.1) is 0 Å². The molecule has 0 spiro atoms. The Balaban J connectivity index is 1.93. The van der Waals surface area contributed by atoms with Crippen LogP contribution in [0.25, 0.3) is 0 Å². The van der Waals surface area contributed by atoms with E-state index in [9.17, 15) is 14.7 Å². The summed E-state index contributed by atoms with van der Waals surface area (Å²) in [7, 11) is 1.93. The van der Waals surface area contributed by atoms with Gasteiger partial charge in [-0.2, -0.15) is 0 Å². The Hall–Kier alpha value is -1.88. The molecule has 2 fully saturated rings. The molecule has 1 saturated carbocycles. The fraction of sp³-hybridized carbons (Fsp3) is 0.529. The van der Waals surface area contributed by atoms with E-state index in [4.69, 9.17) is 0 Å². The van der Waals surface area contributed by atoms with Gasteiger partial charge in [-0.3, -0.25) is 14.5 Å². The lowest BCUT2D eigenvalue weighted by Crippen LogP contribution is -2.49. The first kappa shape index (κ1) is 15.0. The van der Waals surface area contributed by atoms with E-state index in [0.717, 1.165) is 30.6 Å². The average molecular weight is 302 g/mol. The fourth-order valence-corrected chi connectivity index (χ4v) is 3.64. The van der Waals surface area contributed by atoms with E-state index in [0.29, 0.717) is 25.9 Å². The highest BCUT2D eigenvalue weighted by atomic mass is 16.4. The first-order valence-corrected chi connectivity index (χ1v) is 7.86. The number of carboxylic acids is 1. The summed E-state index contributed by atoms with van der Waals surface area (Å²) in [6.45, 7) is 1.90. The van der Waals surface area contributed by atoms with Gasteiger partial charge in [-0.15, -0.1) is 0 Å². The number of hydrogen-bond acceptors (Lipinski definition) is 3. The van der Waals surface area contributed by atoms with Gasteiger partial charge < -0.3 is 10.0 Å². The van der Waals surface area contributed by atoms with E-state index >= 15 is 0 Å². The zero-order valence-electron chi connectivity index (χ0n) is 12.9. The molecule has 0 aromatic heterocycles. The van der Waals surface area contributed by atoms with Crippen LogP contribution in [-0.2, 0) is 15.0 Å². The summed E-state index contributed by atoms with van der Waals surface area (Å²) in [4.78, 5) is 27.8.